The number of allylic oxidation sites excluding steroid dienone is 1. The lowest BCUT2D eigenvalue weighted by atomic mass is 9.84. The van der Waals surface area contributed by atoms with E-state index < -0.39 is 0 Å². The van der Waals surface area contributed by atoms with Gasteiger partial charge in [0, 0.05) is 5.56 Å². The van der Waals surface area contributed by atoms with E-state index in [1.54, 1.807) is 7.11 Å². The largest absolute Gasteiger partial charge is 0.495 e. The highest BCUT2D eigenvalue weighted by Gasteiger charge is 2.26. The van der Waals surface area contributed by atoms with E-state index in [-0.39, 0.29) is 5.41 Å². The normalized spacial score (nSPS) is 14.4. The molecule has 2 rings (SSSR count). The summed E-state index contributed by atoms with van der Waals surface area (Å²) in [5.74, 6) is 0.981. The zero-order chi connectivity index (χ0) is 13.5. The Morgan fingerprint density at radius 1 is 1.33 bits per heavy atom. The lowest BCUT2D eigenvalue weighted by molar-refractivity contribution is 0.394. The predicted molar refractivity (Wildman–Crippen MR) is 81.4 cm³/mol. The molecule has 0 saturated heterocycles. The second-order valence-corrected chi connectivity index (χ2v) is 6.72. The first-order chi connectivity index (χ1) is 8.38. The first-order valence-corrected chi connectivity index (χ1v) is 7.27. The second kappa shape index (κ2) is 4.73. The van der Waals surface area contributed by atoms with Gasteiger partial charge in [-0.3, -0.25) is 0 Å². The highest BCUT2D eigenvalue weighted by atomic mass is 79.9. The van der Waals surface area contributed by atoms with Gasteiger partial charge in [0.05, 0.1) is 11.6 Å². The Labute approximate surface area is 118 Å². The molecule has 0 unspecified atom stereocenters. The van der Waals surface area contributed by atoms with Gasteiger partial charge in [-0.15, -0.1) is 0 Å². The number of fused-ring (bicyclic) bond motifs is 1. The van der Waals surface area contributed by atoms with Crippen LogP contribution in [0.2, 0.25) is 0 Å². The molecule has 0 aromatic heterocycles. The molecule has 0 aliphatic heterocycles. The summed E-state index contributed by atoms with van der Waals surface area (Å²) >= 11 is 3.72. The van der Waals surface area contributed by atoms with Gasteiger partial charge in [-0.1, -0.05) is 45.4 Å². The summed E-state index contributed by atoms with van der Waals surface area (Å²) in [5.41, 5.74) is 5.60. The molecule has 1 aliphatic rings. The molecule has 2 heteroatoms. The summed E-state index contributed by atoms with van der Waals surface area (Å²) in [6.45, 7) is 8.90. The fourth-order valence-electron chi connectivity index (χ4n) is 2.48. The monoisotopic (exact) mass is 308 g/mol. The number of hydrogen-bond acceptors (Lipinski definition) is 1. The molecule has 0 N–H and O–H groups in total. The van der Waals surface area contributed by atoms with Crippen molar-refractivity contribution in [3.05, 3.63) is 32.8 Å². The topological polar surface area (TPSA) is 9.23 Å². The predicted octanol–water partition coefficient (Wildman–Crippen LogP) is 5.10. The van der Waals surface area contributed by atoms with Crippen LogP contribution >= 0.6 is 15.9 Å². The Balaban J connectivity index is 2.63. The quantitative estimate of drug-likeness (QED) is 0.738. The maximum atomic E-state index is 5.62. The van der Waals surface area contributed by atoms with Gasteiger partial charge in [0.15, 0.2) is 0 Å². The maximum absolute atomic E-state index is 5.62. The van der Waals surface area contributed by atoms with Crippen molar-refractivity contribution in [3.8, 4) is 5.75 Å². The van der Waals surface area contributed by atoms with Crippen molar-refractivity contribution >= 4 is 22.0 Å². The molecule has 0 saturated carbocycles. The van der Waals surface area contributed by atoms with Gasteiger partial charge < -0.3 is 4.74 Å². The minimum atomic E-state index is 0.0951. The van der Waals surface area contributed by atoms with Gasteiger partial charge in [0.25, 0.3) is 0 Å². The SMILES string of the molecule is CCC1=Cc2c(cc(C(C)(C)C)c(OC)c2Br)C1. The zero-order valence-corrected chi connectivity index (χ0v) is 13.4. The van der Waals surface area contributed by atoms with E-state index in [0.717, 1.165) is 23.1 Å². The van der Waals surface area contributed by atoms with E-state index in [4.69, 9.17) is 4.74 Å². The summed E-state index contributed by atoms with van der Waals surface area (Å²) < 4.78 is 6.73. The van der Waals surface area contributed by atoms with Crippen LogP contribution in [0.4, 0.5) is 0 Å². The van der Waals surface area contributed by atoms with Crippen LogP contribution in [0.15, 0.2) is 16.1 Å². The standard InChI is InChI=1S/C16H21BrO/c1-6-10-7-11-9-13(16(2,3)4)15(18-5)14(17)12(11)8-10/h8-9H,6-7H2,1-5H3. The molecule has 1 aromatic carbocycles. The Morgan fingerprint density at radius 3 is 2.50 bits per heavy atom. The molecule has 0 bridgehead atoms. The molecule has 0 radical (unpaired) electrons. The molecule has 0 heterocycles. The van der Waals surface area contributed by atoms with Crippen molar-refractivity contribution in [1.82, 2.24) is 0 Å². The second-order valence-electron chi connectivity index (χ2n) is 5.93. The fraction of sp³-hybridized carbons (Fsp3) is 0.500. The van der Waals surface area contributed by atoms with E-state index >= 15 is 0 Å². The minimum Gasteiger partial charge on any atom is -0.495 e. The van der Waals surface area contributed by atoms with Crippen LogP contribution in [-0.2, 0) is 11.8 Å². The summed E-state index contributed by atoms with van der Waals surface area (Å²) in [6, 6.07) is 2.32. The molecular formula is C16H21BrO. The highest BCUT2D eigenvalue weighted by molar-refractivity contribution is 9.10. The number of ether oxygens (including phenoxy) is 1. The fourth-order valence-corrected chi connectivity index (χ4v) is 3.23. The average molecular weight is 309 g/mol. The van der Waals surface area contributed by atoms with Gasteiger partial charge in [-0.25, -0.2) is 0 Å². The molecule has 1 aromatic rings. The van der Waals surface area contributed by atoms with Crippen LogP contribution in [-0.4, -0.2) is 7.11 Å². The first kappa shape index (κ1) is 13.7. The molecule has 18 heavy (non-hydrogen) atoms. The van der Waals surface area contributed by atoms with Crippen molar-refractivity contribution in [1.29, 1.82) is 0 Å². The van der Waals surface area contributed by atoms with E-state index in [2.05, 4.69) is 55.8 Å². The number of rotatable bonds is 2. The van der Waals surface area contributed by atoms with Crippen LogP contribution in [0.1, 0.15) is 50.8 Å². The van der Waals surface area contributed by atoms with E-state index in [9.17, 15) is 0 Å². The number of hydrogen-bond donors (Lipinski definition) is 0. The summed E-state index contributed by atoms with van der Waals surface area (Å²) in [4.78, 5) is 0. The maximum Gasteiger partial charge on any atom is 0.137 e. The van der Waals surface area contributed by atoms with Crippen molar-refractivity contribution < 1.29 is 4.74 Å². The highest BCUT2D eigenvalue weighted by Crippen LogP contribution is 2.44. The van der Waals surface area contributed by atoms with Crippen molar-refractivity contribution in [3.63, 3.8) is 0 Å². The Morgan fingerprint density at radius 2 is 2.00 bits per heavy atom. The van der Waals surface area contributed by atoms with Gasteiger partial charge in [-0.05, 0) is 45.3 Å². The number of halogens is 1. The van der Waals surface area contributed by atoms with Crippen LogP contribution < -0.4 is 4.74 Å². The number of benzene rings is 1. The van der Waals surface area contributed by atoms with E-state index in [1.165, 1.54) is 22.3 Å². The molecule has 1 aliphatic carbocycles. The van der Waals surface area contributed by atoms with Crippen LogP contribution in [0, 0.1) is 0 Å². The summed E-state index contributed by atoms with van der Waals surface area (Å²) in [7, 11) is 1.75. The molecule has 1 nitrogen and oxygen atoms in total. The van der Waals surface area contributed by atoms with Crippen molar-refractivity contribution in [2.45, 2.75) is 46.0 Å². The van der Waals surface area contributed by atoms with Gasteiger partial charge in [0.2, 0.25) is 0 Å². The molecule has 0 atom stereocenters. The van der Waals surface area contributed by atoms with Crippen LogP contribution in [0.3, 0.4) is 0 Å². The smallest absolute Gasteiger partial charge is 0.137 e. The number of methoxy groups -OCH3 is 1. The molecular weight excluding hydrogens is 288 g/mol. The van der Waals surface area contributed by atoms with Crippen LogP contribution in [0.5, 0.6) is 5.75 Å². The zero-order valence-electron chi connectivity index (χ0n) is 11.9. The third-order valence-electron chi connectivity index (χ3n) is 3.58. The first-order valence-electron chi connectivity index (χ1n) is 6.47. The minimum absolute atomic E-state index is 0.0951. The van der Waals surface area contributed by atoms with Gasteiger partial charge >= 0.3 is 0 Å². The Kier molecular flexibility index (Phi) is 3.59. The van der Waals surface area contributed by atoms with E-state index in [0.29, 0.717) is 0 Å². The summed E-state index contributed by atoms with van der Waals surface area (Å²) in [6.07, 6.45) is 4.50. The Hall–Kier alpha value is -0.760. The third-order valence-corrected chi connectivity index (χ3v) is 4.36. The lowest BCUT2D eigenvalue weighted by Crippen LogP contribution is -2.14. The van der Waals surface area contributed by atoms with Crippen molar-refractivity contribution in [2.75, 3.05) is 7.11 Å². The molecule has 0 amide bonds. The molecule has 0 spiro atoms. The Bertz CT molecular complexity index is 507. The average Bonchev–Trinajstić information content (AvgIpc) is 2.71. The van der Waals surface area contributed by atoms with E-state index in [1.807, 2.05) is 0 Å². The molecule has 0 fully saturated rings. The molecule has 98 valence electrons. The third kappa shape index (κ3) is 2.23. The van der Waals surface area contributed by atoms with Gasteiger partial charge in [0.1, 0.15) is 5.75 Å². The summed E-state index contributed by atoms with van der Waals surface area (Å²) in [5, 5.41) is 0. The van der Waals surface area contributed by atoms with Crippen LogP contribution in [0.25, 0.3) is 6.08 Å². The van der Waals surface area contributed by atoms with Gasteiger partial charge in [-0.2, -0.15) is 0 Å². The van der Waals surface area contributed by atoms with Crippen molar-refractivity contribution in [2.24, 2.45) is 0 Å². The lowest BCUT2D eigenvalue weighted by Gasteiger charge is -2.24.